The van der Waals surface area contributed by atoms with Crippen LogP contribution in [-0.4, -0.2) is 31.9 Å². The lowest BCUT2D eigenvalue weighted by Gasteiger charge is -2.25. The number of hydrogen-bond acceptors (Lipinski definition) is 7. The lowest BCUT2D eigenvalue weighted by molar-refractivity contribution is -0.136. The molecule has 176 valence electrons. The summed E-state index contributed by atoms with van der Waals surface area (Å²) >= 11 is 13.4. The third-order valence-electron chi connectivity index (χ3n) is 5.39. The van der Waals surface area contributed by atoms with Gasteiger partial charge in [-0.25, -0.2) is 9.79 Å². The molecule has 4 rings (SSSR count). The third-order valence-corrected chi connectivity index (χ3v) is 7.11. The van der Waals surface area contributed by atoms with Crippen molar-refractivity contribution in [3.63, 3.8) is 0 Å². The van der Waals surface area contributed by atoms with E-state index in [9.17, 15) is 9.59 Å². The zero-order valence-electron chi connectivity index (χ0n) is 18.7. The first kappa shape index (κ1) is 24.1. The van der Waals surface area contributed by atoms with E-state index in [4.69, 9.17) is 37.4 Å². The summed E-state index contributed by atoms with van der Waals surface area (Å²) in [6, 6.07) is 9.59. The summed E-state index contributed by atoms with van der Waals surface area (Å²) < 4.78 is 17.7. The average molecular weight is 519 g/mol. The second-order valence-corrected chi connectivity index (χ2v) is 9.18. The standard InChI is InChI=1S/C24H20Cl2N2O5S/c1-12-20(23(30)33-4)21(14-6-8-17(31-2)18(11-14)32-3)28-22(29)19(34-24(28)27-12)10-13-5-7-15(25)16(26)9-13/h5-11,21H,1-4H3/b19-10+/t21-/m1/s1. The predicted octanol–water partition coefficient (Wildman–Crippen LogP) is 3.73. The van der Waals surface area contributed by atoms with E-state index in [2.05, 4.69) is 4.99 Å². The summed E-state index contributed by atoms with van der Waals surface area (Å²) in [5.41, 5.74) is 1.79. The van der Waals surface area contributed by atoms with Crippen molar-refractivity contribution in [2.75, 3.05) is 21.3 Å². The van der Waals surface area contributed by atoms with E-state index >= 15 is 0 Å². The molecule has 1 atom stereocenters. The predicted molar refractivity (Wildman–Crippen MR) is 132 cm³/mol. The number of aromatic nitrogens is 1. The summed E-state index contributed by atoms with van der Waals surface area (Å²) in [6.07, 6.45) is 1.72. The van der Waals surface area contributed by atoms with Crippen LogP contribution >= 0.6 is 34.5 Å². The van der Waals surface area contributed by atoms with Crippen LogP contribution in [0.5, 0.6) is 11.5 Å². The molecular formula is C24H20Cl2N2O5S. The van der Waals surface area contributed by atoms with Gasteiger partial charge < -0.3 is 14.2 Å². The third kappa shape index (κ3) is 4.24. The van der Waals surface area contributed by atoms with Gasteiger partial charge in [0.1, 0.15) is 0 Å². The molecule has 0 fully saturated rings. The second kappa shape index (κ2) is 9.66. The Balaban J connectivity index is 1.98. The van der Waals surface area contributed by atoms with Crippen LogP contribution < -0.4 is 24.4 Å². The number of fused-ring (bicyclic) bond motifs is 1. The van der Waals surface area contributed by atoms with Gasteiger partial charge in [0.05, 0.1) is 53.2 Å². The summed E-state index contributed by atoms with van der Waals surface area (Å²) in [5.74, 6) is 0.426. The maximum absolute atomic E-state index is 13.6. The van der Waals surface area contributed by atoms with Gasteiger partial charge in [0.15, 0.2) is 16.3 Å². The largest absolute Gasteiger partial charge is 0.493 e. The fourth-order valence-corrected chi connectivity index (χ4v) is 5.14. The molecule has 0 amide bonds. The molecule has 2 aromatic carbocycles. The van der Waals surface area contributed by atoms with Crippen LogP contribution in [0, 0.1) is 0 Å². The highest BCUT2D eigenvalue weighted by Gasteiger charge is 2.33. The first-order valence-electron chi connectivity index (χ1n) is 10.1. The Hall–Kier alpha value is -3.07. The average Bonchev–Trinajstić information content (AvgIpc) is 3.13. The topological polar surface area (TPSA) is 79.1 Å². The number of ether oxygens (including phenoxy) is 3. The van der Waals surface area contributed by atoms with E-state index in [1.165, 1.54) is 37.2 Å². The van der Waals surface area contributed by atoms with Crippen molar-refractivity contribution >= 4 is 46.6 Å². The molecule has 0 saturated heterocycles. The number of nitrogens with zero attached hydrogens (tertiary/aromatic N) is 2. The molecule has 0 unspecified atom stereocenters. The highest BCUT2D eigenvalue weighted by molar-refractivity contribution is 7.07. The quantitative estimate of drug-likeness (QED) is 0.480. The van der Waals surface area contributed by atoms with Crippen LogP contribution in [0.1, 0.15) is 24.1 Å². The number of rotatable bonds is 5. The van der Waals surface area contributed by atoms with Crippen LogP contribution in [-0.2, 0) is 9.53 Å². The van der Waals surface area contributed by atoms with Crippen molar-refractivity contribution in [2.24, 2.45) is 4.99 Å². The highest BCUT2D eigenvalue weighted by atomic mass is 35.5. The van der Waals surface area contributed by atoms with Crippen molar-refractivity contribution in [1.82, 2.24) is 4.57 Å². The molecule has 1 aliphatic rings. The Labute approximate surface area is 209 Å². The van der Waals surface area contributed by atoms with Crippen LogP contribution in [0.2, 0.25) is 10.0 Å². The van der Waals surface area contributed by atoms with Crippen LogP contribution in [0.3, 0.4) is 0 Å². The van der Waals surface area contributed by atoms with Crippen molar-refractivity contribution in [3.8, 4) is 11.5 Å². The van der Waals surface area contributed by atoms with Gasteiger partial charge in [-0.3, -0.25) is 9.36 Å². The van der Waals surface area contributed by atoms with Crippen molar-refractivity contribution in [1.29, 1.82) is 0 Å². The second-order valence-electron chi connectivity index (χ2n) is 7.36. The number of thiazole rings is 1. The smallest absolute Gasteiger partial charge is 0.338 e. The molecular weight excluding hydrogens is 499 g/mol. The fraction of sp³-hybridized carbons (Fsp3) is 0.208. The molecule has 34 heavy (non-hydrogen) atoms. The van der Waals surface area contributed by atoms with E-state index in [0.29, 0.717) is 47.7 Å². The summed E-state index contributed by atoms with van der Waals surface area (Å²) in [6.45, 7) is 1.72. The van der Waals surface area contributed by atoms with E-state index in [-0.39, 0.29) is 11.1 Å². The molecule has 7 nitrogen and oxygen atoms in total. The maximum Gasteiger partial charge on any atom is 0.338 e. The number of carbonyl (C=O) groups is 1. The molecule has 10 heteroatoms. The minimum absolute atomic E-state index is 0.267. The van der Waals surface area contributed by atoms with Crippen LogP contribution in [0.4, 0.5) is 0 Å². The van der Waals surface area contributed by atoms with Gasteiger partial charge >= 0.3 is 5.97 Å². The van der Waals surface area contributed by atoms with Gasteiger partial charge in [-0.15, -0.1) is 0 Å². The van der Waals surface area contributed by atoms with Gasteiger partial charge in [0.2, 0.25) is 0 Å². The molecule has 0 aliphatic carbocycles. The Morgan fingerprint density at radius 3 is 2.44 bits per heavy atom. The lowest BCUT2D eigenvalue weighted by Crippen LogP contribution is -2.39. The van der Waals surface area contributed by atoms with Gasteiger partial charge in [-0.1, -0.05) is 46.7 Å². The Morgan fingerprint density at radius 1 is 1.06 bits per heavy atom. The molecule has 1 aromatic heterocycles. The van der Waals surface area contributed by atoms with Crippen LogP contribution in [0.15, 0.2) is 57.5 Å². The normalized spacial score (nSPS) is 15.6. The van der Waals surface area contributed by atoms with Crippen molar-refractivity contribution in [2.45, 2.75) is 13.0 Å². The molecule has 2 heterocycles. The van der Waals surface area contributed by atoms with Gasteiger partial charge in [-0.05, 0) is 48.4 Å². The summed E-state index contributed by atoms with van der Waals surface area (Å²) in [5, 5.41) is 0.808. The number of carbonyl (C=O) groups excluding carboxylic acids is 1. The Morgan fingerprint density at radius 2 is 1.79 bits per heavy atom. The number of methoxy groups -OCH3 is 3. The number of halogens is 2. The molecule has 0 radical (unpaired) electrons. The monoisotopic (exact) mass is 518 g/mol. The molecule has 3 aromatic rings. The molecule has 0 bridgehead atoms. The summed E-state index contributed by atoms with van der Waals surface area (Å²) in [4.78, 5) is 31.4. The summed E-state index contributed by atoms with van der Waals surface area (Å²) in [7, 11) is 4.35. The lowest BCUT2D eigenvalue weighted by atomic mass is 9.95. The van der Waals surface area contributed by atoms with Crippen molar-refractivity contribution < 1.29 is 19.0 Å². The number of hydrogen-bond donors (Lipinski definition) is 0. The van der Waals surface area contributed by atoms with E-state index < -0.39 is 12.0 Å². The number of allylic oxidation sites excluding steroid dienone is 1. The van der Waals surface area contributed by atoms with Crippen molar-refractivity contribution in [3.05, 3.63) is 88.5 Å². The molecule has 0 spiro atoms. The molecule has 1 aliphatic heterocycles. The molecule has 0 saturated carbocycles. The number of benzene rings is 2. The SMILES string of the molecule is COC(=O)C1=C(C)N=c2s/c(=C/c3ccc(Cl)c(Cl)c3)c(=O)n2[C@@H]1c1ccc(OC)c(OC)c1. The first-order chi connectivity index (χ1) is 16.3. The van der Waals surface area contributed by atoms with Crippen LogP contribution in [0.25, 0.3) is 6.08 Å². The fourth-order valence-electron chi connectivity index (χ4n) is 3.78. The zero-order valence-corrected chi connectivity index (χ0v) is 21.0. The highest BCUT2D eigenvalue weighted by Crippen LogP contribution is 2.36. The zero-order chi connectivity index (χ0) is 24.6. The van der Waals surface area contributed by atoms with E-state index in [1.807, 2.05) is 0 Å². The van der Waals surface area contributed by atoms with Gasteiger partial charge in [0.25, 0.3) is 5.56 Å². The Bertz CT molecular complexity index is 1510. The Kier molecular flexibility index (Phi) is 6.84. The minimum atomic E-state index is -0.764. The van der Waals surface area contributed by atoms with Gasteiger partial charge in [-0.2, -0.15) is 0 Å². The maximum atomic E-state index is 13.6. The van der Waals surface area contributed by atoms with E-state index in [1.54, 1.807) is 49.4 Å². The van der Waals surface area contributed by atoms with E-state index in [0.717, 1.165) is 0 Å². The van der Waals surface area contributed by atoms with Gasteiger partial charge in [0, 0.05) is 0 Å². The first-order valence-corrected chi connectivity index (χ1v) is 11.6. The number of esters is 1. The minimum Gasteiger partial charge on any atom is -0.493 e. The molecule has 0 N–H and O–H groups in total.